The third kappa shape index (κ3) is 2.77. The average molecular weight is 281 g/mol. The molecule has 2 aromatic carbocycles. The minimum absolute atomic E-state index is 0.0518. The molecule has 0 bridgehead atoms. The summed E-state index contributed by atoms with van der Waals surface area (Å²) in [5.41, 5.74) is 0.199. The smallest absolute Gasteiger partial charge is 0.137 e. The van der Waals surface area contributed by atoms with E-state index >= 15 is 0 Å². The Labute approximate surface area is 115 Å². The van der Waals surface area contributed by atoms with Crippen LogP contribution in [-0.2, 0) is 6.54 Å². The quantitative estimate of drug-likeness (QED) is 0.926. The van der Waals surface area contributed by atoms with Crippen molar-refractivity contribution < 1.29 is 17.9 Å². The van der Waals surface area contributed by atoms with Crippen molar-refractivity contribution in [2.45, 2.75) is 6.54 Å². The zero-order valence-corrected chi connectivity index (χ0v) is 11.1. The molecule has 0 aliphatic rings. The molecule has 0 atom stereocenters. The van der Waals surface area contributed by atoms with Crippen molar-refractivity contribution in [3.8, 4) is 16.9 Å². The standard InChI is InChI=1S/C15H14F3NO/c1-19-8-9-3-4-11(12(16)5-9)15-13(17)6-10(20-2)7-14(15)18/h3-7,19H,8H2,1-2H3. The zero-order chi connectivity index (χ0) is 14.7. The number of ether oxygens (including phenoxy) is 1. The van der Waals surface area contributed by atoms with Crippen molar-refractivity contribution in [3.05, 3.63) is 53.3 Å². The molecule has 0 aliphatic carbocycles. The molecule has 20 heavy (non-hydrogen) atoms. The van der Waals surface area contributed by atoms with Gasteiger partial charge in [-0.2, -0.15) is 0 Å². The molecule has 0 saturated carbocycles. The fourth-order valence-electron chi connectivity index (χ4n) is 2.00. The highest BCUT2D eigenvalue weighted by molar-refractivity contribution is 5.67. The first-order valence-corrected chi connectivity index (χ1v) is 6.03. The SMILES string of the molecule is CNCc1ccc(-c2c(F)cc(OC)cc2F)c(F)c1. The molecule has 2 nitrogen and oxygen atoms in total. The van der Waals surface area contributed by atoms with Crippen LogP contribution in [0.4, 0.5) is 13.2 Å². The Balaban J connectivity index is 2.51. The van der Waals surface area contributed by atoms with Crippen LogP contribution in [0.2, 0.25) is 0 Å². The fraction of sp³-hybridized carbons (Fsp3) is 0.200. The Morgan fingerprint density at radius 3 is 2.15 bits per heavy atom. The lowest BCUT2D eigenvalue weighted by Gasteiger charge is -2.10. The van der Waals surface area contributed by atoms with Gasteiger partial charge in [-0.3, -0.25) is 0 Å². The van der Waals surface area contributed by atoms with Crippen LogP contribution in [0.25, 0.3) is 11.1 Å². The molecule has 0 aromatic heterocycles. The number of hydrogen-bond donors (Lipinski definition) is 1. The van der Waals surface area contributed by atoms with Crippen molar-refractivity contribution in [2.24, 2.45) is 0 Å². The fourth-order valence-corrected chi connectivity index (χ4v) is 2.00. The van der Waals surface area contributed by atoms with Crippen LogP contribution in [0.15, 0.2) is 30.3 Å². The molecule has 0 radical (unpaired) electrons. The summed E-state index contributed by atoms with van der Waals surface area (Å²) in [7, 11) is 3.04. The van der Waals surface area contributed by atoms with E-state index in [9.17, 15) is 13.2 Å². The normalized spacial score (nSPS) is 10.7. The summed E-state index contributed by atoms with van der Waals surface area (Å²) >= 11 is 0. The van der Waals surface area contributed by atoms with Crippen LogP contribution in [0.5, 0.6) is 5.75 Å². The molecule has 5 heteroatoms. The van der Waals surface area contributed by atoms with Crippen LogP contribution in [0.3, 0.4) is 0 Å². The second kappa shape index (κ2) is 5.96. The van der Waals surface area contributed by atoms with E-state index in [4.69, 9.17) is 4.74 Å². The van der Waals surface area contributed by atoms with E-state index in [1.165, 1.54) is 19.2 Å². The number of nitrogens with one attached hydrogen (secondary N) is 1. The molecule has 2 aromatic rings. The predicted molar refractivity (Wildman–Crippen MR) is 71.1 cm³/mol. The molecule has 0 heterocycles. The van der Waals surface area contributed by atoms with Gasteiger partial charge in [0.05, 0.1) is 12.7 Å². The monoisotopic (exact) mass is 281 g/mol. The van der Waals surface area contributed by atoms with E-state index < -0.39 is 17.5 Å². The number of hydrogen-bond acceptors (Lipinski definition) is 2. The zero-order valence-electron chi connectivity index (χ0n) is 11.1. The number of benzene rings is 2. The van der Waals surface area contributed by atoms with Gasteiger partial charge in [0.2, 0.25) is 0 Å². The van der Waals surface area contributed by atoms with Crippen molar-refractivity contribution in [2.75, 3.05) is 14.2 Å². The van der Waals surface area contributed by atoms with Crippen molar-refractivity contribution in [1.82, 2.24) is 5.32 Å². The predicted octanol–water partition coefficient (Wildman–Crippen LogP) is 3.50. The van der Waals surface area contributed by atoms with Crippen molar-refractivity contribution in [1.29, 1.82) is 0 Å². The van der Waals surface area contributed by atoms with Gasteiger partial charge in [0, 0.05) is 24.2 Å². The molecule has 106 valence electrons. The highest BCUT2D eigenvalue weighted by Gasteiger charge is 2.17. The summed E-state index contributed by atoms with van der Waals surface area (Å²) in [5.74, 6) is -2.33. The van der Waals surface area contributed by atoms with E-state index in [1.54, 1.807) is 13.1 Å². The first-order valence-electron chi connectivity index (χ1n) is 6.03. The average Bonchev–Trinajstić information content (AvgIpc) is 2.40. The van der Waals surface area contributed by atoms with Gasteiger partial charge in [-0.05, 0) is 18.7 Å². The van der Waals surface area contributed by atoms with Crippen LogP contribution in [0, 0.1) is 17.5 Å². The molecule has 1 N–H and O–H groups in total. The third-order valence-corrected chi connectivity index (χ3v) is 2.94. The maximum Gasteiger partial charge on any atom is 0.137 e. The third-order valence-electron chi connectivity index (χ3n) is 2.94. The van der Waals surface area contributed by atoms with E-state index in [1.807, 2.05) is 0 Å². The molecule has 0 fully saturated rings. The van der Waals surface area contributed by atoms with Crippen LogP contribution >= 0.6 is 0 Å². The van der Waals surface area contributed by atoms with Crippen molar-refractivity contribution in [3.63, 3.8) is 0 Å². The van der Waals surface area contributed by atoms with Gasteiger partial charge in [-0.25, -0.2) is 13.2 Å². The van der Waals surface area contributed by atoms with Crippen molar-refractivity contribution >= 4 is 0 Å². The summed E-state index contributed by atoms with van der Waals surface area (Å²) in [6.07, 6.45) is 0. The maximum absolute atomic E-state index is 14.0. The first-order chi connectivity index (χ1) is 9.56. The molecule has 0 unspecified atom stereocenters. The highest BCUT2D eigenvalue weighted by Crippen LogP contribution is 2.31. The molecule has 0 amide bonds. The summed E-state index contributed by atoms with van der Waals surface area (Å²) in [6.45, 7) is 0.477. The van der Waals surface area contributed by atoms with Crippen LogP contribution < -0.4 is 10.1 Å². The van der Waals surface area contributed by atoms with Gasteiger partial charge in [0.25, 0.3) is 0 Å². The number of methoxy groups -OCH3 is 1. The minimum Gasteiger partial charge on any atom is -0.497 e. The molecule has 0 aliphatic heterocycles. The Bertz CT molecular complexity index is 606. The Kier molecular flexibility index (Phi) is 4.29. The lowest BCUT2D eigenvalue weighted by Crippen LogP contribution is -2.05. The largest absolute Gasteiger partial charge is 0.497 e. The second-order valence-electron chi connectivity index (χ2n) is 4.31. The number of halogens is 3. The van der Waals surface area contributed by atoms with E-state index in [0.717, 1.165) is 12.1 Å². The first kappa shape index (κ1) is 14.4. The van der Waals surface area contributed by atoms with Gasteiger partial charge in [0.1, 0.15) is 23.2 Å². The molecular formula is C15H14F3NO. The summed E-state index contributed by atoms with van der Waals surface area (Å²) in [5, 5.41) is 2.88. The van der Waals surface area contributed by atoms with Crippen LogP contribution in [-0.4, -0.2) is 14.2 Å². The molecule has 0 saturated heterocycles. The molecule has 2 rings (SSSR count). The lowest BCUT2D eigenvalue weighted by atomic mass is 10.0. The van der Waals surface area contributed by atoms with Crippen LogP contribution in [0.1, 0.15) is 5.56 Å². The summed E-state index contributed by atoms with van der Waals surface area (Å²) in [6, 6.07) is 6.31. The Morgan fingerprint density at radius 2 is 1.65 bits per heavy atom. The highest BCUT2D eigenvalue weighted by atomic mass is 19.1. The number of rotatable bonds is 4. The summed E-state index contributed by atoms with van der Waals surface area (Å²) < 4.78 is 46.6. The van der Waals surface area contributed by atoms with Gasteiger partial charge in [-0.15, -0.1) is 0 Å². The maximum atomic E-state index is 14.0. The van der Waals surface area contributed by atoms with Gasteiger partial charge >= 0.3 is 0 Å². The van der Waals surface area contributed by atoms with Gasteiger partial charge in [0.15, 0.2) is 0 Å². The van der Waals surface area contributed by atoms with E-state index in [-0.39, 0.29) is 16.9 Å². The Hall–Kier alpha value is -2.01. The van der Waals surface area contributed by atoms with Gasteiger partial charge in [-0.1, -0.05) is 12.1 Å². The summed E-state index contributed by atoms with van der Waals surface area (Å²) in [4.78, 5) is 0. The second-order valence-corrected chi connectivity index (χ2v) is 4.31. The van der Waals surface area contributed by atoms with E-state index in [2.05, 4.69) is 5.32 Å². The minimum atomic E-state index is -0.859. The van der Waals surface area contributed by atoms with Gasteiger partial charge < -0.3 is 10.1 Å². The lowest BCUT2D eigenvalue weighted by molar-refractivity contribution is 0.407. The molecular weight excluding hydrogens is 267 g/mol. The van der Waals surface area contributed by atoms with E-state index in [0.29, 0.717) is 12.1 Å². The topological polar surface area (TPSA) is 21.3 Å². The Morgan fingerprint density at radius 1 is 1.00 bits per heavy atom. The molecule has 0 spiro atoms.